The van der Waals surface area contributed by atoms with Crippen molar-refractivity contribution in [2.45, 2.75) is 10.1 Å². The van der Waals surface area contributed by atoms with Crippen molar-refractivity contribution in [1.82, 2.24) is 20.0 Å². The van der Waals surface area contributed by atoms with Gasteiger partial charge in [-0.1, -0.05) is 5.21 Å². The average molecular weight is 396 g/mol. The summed E-state index contributed by atoms with van der Waals surface area (Å²) in [5.41, 5.74) is 0.121. The molecule has 0 saturated heterocycles. The van der Waals surface area contributed by atoms with Crippen LogP contribution < -0.4 is 4.72 Å². The van der Waals surface area contributed by atoms with Gasteiger partial charge in [0.05, 0.1) is 11.9 Å². The number of halogens is 1. The zero-order valence-corrected chi connectivity index (χ0v) is 14.1. The fraction of sp³-hybridized carbons (Fsp3) is 0.222. The first-order chi connectivity index (χ1) is 9.61. The third-order valence-corrected chi connectivity index (χ3v) is 5.63. The van der Waals surface area contributed by atoms with Crippen LogP contribution in [-0.2, 0) is 26.9 Å². The number of hydrogen-bond donors (Lipinski definition) is 1. The topological polar surface area (TPSA) is 124 Å². The normalized spacial score (nSPS) is 12.3. The maximum absolute atomic E-state index is 12.2. The highest BCUT2D eigenvalue weighted by Gasteiger charge is 2.24. The second kappa shape index (κ2) is 5.35. The number of sulfone groups is 1. The van der Waals surface area contributed by atoms with Crippen molar-refractivity contribution in [2.75, 3.05) is 11.0 Å². The predicted octanol–water partition coefficient (Wildman–Crippen LogP) is 0.177. The Kier molecular flexibility index (Phi) is 4.04. The molecule has 12 heteroatoms. The summed E-state index contributed by atoms with van der Waals surface area (Å²) in [4.78, 5) is 3.70. The van der Waals surface area contributed by atoms with Crippen molar-refractivity contribution in [3.05, 3.63) is 22.9 Å². The maximum atomic E-state index is 12.2. The lowest BCUT2D eigenvalue weighted by atomic mass is 10.4. The molecule has 0 spiro atoms. The lowest BCUT2D eigenvalue weighted by Crippen LogP contribution is -2.17. The summed E-state index contributed by atoms with van der Waals surface area (Å²) in [6, 6.07) is 2.52. The number of hydrogen-bond acceptors (Lipinski definition) is 7. The molecule has 1 N–H and O–H groups in total. The quantitative estimate of drug-likeness (QED) is 0.782. The summed E-state index contributed by atoms with van der Waals surface area (Å²) in [5.74, 6) is 0. The lowest BCUT2D eigenvalue weighted by Gasteiger charge is -2.08. The minimum absolute atomic E-state index is 0.0678. The Balaban J connectivity index is 2.34. The molecule has 0 aromatic carbocycles. The first-order valence-corrected chi connectivity index (χ1v) is 9.52. The summed E-state index contributed by atoms with van der Waals surface area (Å²) in [6.07, 6.45) is 2.13. The number of aryl methyl sites for hydroxylation is 1. The Labute approximate surface area is 129 Å². The molecule has 2 aromatic rings. The summed E-state index contributed by atoms with van der Waals surface area (Å²) in [5, 5.41) is 6.86. The van der Waals surface area contributed by atoms with Crippen LogP contribution in [0.25, 0.3) is 0 Å². The molecule has 0 aliphatic carbocycles. The van der Waals surface area contributed by atoms with E-state index in [1.54, 1.807) is 0 Å². The van der Waals surface area contributed by atoms with E-state index in [1.165, 1.54) is 19.2 Å². The summed E-state index contributed by atoms with van der Waals surface area (Å²) < 4.78 is 50.4. The van der Waals surface area contributed by atoms with Gasteiger partial charge in [0.1, 0.15) is 0 Å². The first kappa shape index (κ1) is 15.9. The summed E-state index contributed by atoms with van der Waals surface area (Å²) in [6.45, 7) is 0. The van der Waals surface area contributed by atoms with Crippen LogP contribution in [0.2, 0.25) is 0 Å². The Morgan fingerprint density at radius 2 is 1.90 bits per heavy atom. The Morgan fingerprint density at radius 1 is 1.24 bits per heavy atom. The molecular formula is C9H10BrN5O4S2. The average Bonchev–Trinajstić information content (AvgIpc) is 2.68. The molecule has 0 fully saturated rings. The molecule has 0 unspecified atom stereocenters. The van der Waals surface area contributed by atoms with Crippen molar-refractivity contribution in [3.63, 3.8) is 0 Å². The van der Waals surface area contributed by atoms with E-state index in [1.807, 2.05) is 0 Å². The van der Waals surface area contributed by atoms with Crippen LogP contribution in [0.5, 0.6) is 0 Å². The fourth-order valence-corrected chi connectivity index (χ4v) is 4.17. The first-order valence-electron chi connectivity index (χ1n) is 5.35. The molecule has 0 bridgehead atoms. The van der Waals surface area contributed by atoms with Gasteiger partial charge < -0.3 is 0 Å². The van der Waals surface area contributed by atoms with Gasteiger partial charge in [-0.15, -0.1) is 5.10 Å². The van der Waals surface area contributed by atoms with Gasteiger partial charge in [0, 0.05) is 13.3 Å². The number of anilines is 1. The van der Waals surface area contributed by atoms with Gasteiger partial charge >= 0.3 is 0 Å². The number of nitrogens with zero attached hydrogens (tertiary/aromatic N) is 4. The van der Waals surface area contributed by atoms with E-state index in [9.17, 15) is 16.8 Å². The minimum atomic E-state index is -3.93. The molecular weight excluding hydrogens is 386 g/mol. The molecule has 0 aliphatic heterocycles. The highest BCUT2D eigenvalue weighted by Crippen LogP contribution is 2.21. The summed E-state index contributed by atoms with van der Waals surface area (Å²) >= 11 is 3.00. The van der Waals surface area contributed by atoms with Crippen molar-refractivity contribution in [1.29, 1.82) is 0 Å². The molecule has 21 heavy (non-hydrogen) atoms. The van der Waals surface area contributed by atoms with E-state index in [0.717, 1.165) is 17.1 Å². The van der Waals surface area contributed by atoms with Crippen LogP contribution in [0.1, 0.15) is 0 Å². The fourth-order valence-electron chi connectivity index (χ4n) is 1.47. The van der Waals surface area contributed by atoms with Gasteiger partial charge in [0.15, 0.2) is 19.5 Å². The van der Waals surface area contributed by atoms with Gasteiger partial charge in [0.2, 0.25) is 5.03 Å². The van der Waals surface area contributed by atoms with Crippen LogP contribution in [-0.4, -0.2) is 43.1 Å². The Hall–Kier alpha value is -1.53. The van der Waals surface area contributed by atoms with Crippen LogP contribution >= 0.6 is 15.9 Å². The van der Waals surface area contributed by atoms with Crippen LogP contribution in [0.15, 0.2) is 33.0 Å². The zero-order valence-electron chi connectivity index (χ0n) is 10.8. The minimum Gasteiger partial charge on any atom is -0.277 e. The second-order valence-corrected chi connectivity index (χ2v) is 8.38. The molecule has 0 radical (unpaired) electrons. The smallest absolute Gasteiger partial charge is 0.277 e. The van der Waals surface area contributed by atoms with Crippen LogP contribution in [0.4, 0.5) is 5.69 Å². The zero-order chi connectivity index (χ0) is 15.8. The number of aromatic nitrogens is 4. The molecule has 0 amide bonds. The third-order valence-electron chi connectivity index (χ3n) is 2.36. The number of rotatable bonds is 4. The predicted molar refractivity (Wildman–Crippen MR) is 76.9 cm³/mol. The van der Waals surface area contributed by atoms with E-state index in [0.29, 0.717) is 0 Å². The molecule has 0 saturated carbocycles. The van der Waals surface area contributed by atoms with Gasteiger partial charge in [-0.25, -0.2) is 18.1 Å². The Bertz CT molecular complexity index is 854. The standard InChI is InChI=1S/C9H10BrN5O4S2/c1-15-9(8(10)12-14-15)21(18,19)13-6-3-4-7(11-5-6)20(2,16)17/h3-5,13H,1-2H3. The highest BCUT2D eigenvalue weighted by molar-refractivity contribution is 9.10. The SMILES string of the molecule is Cn1nnc(Br)c1S(=O)(=O)Nc1ccc(S(C)(=O)=O)nc1. The van der Waals surface area contributed by atoms with E-state index in [2.05, 4.69) is 35.9 Å². The van der Waals surface area contributed by atoms with Gasteiger partial charge in [-0.3, -0.25) is 4.72 Å². The molecule has 2 aromatic heterocycles. The highest BCUT2D eigenvalue weighted by atomic mass is 79.9. The van der Waals surface area contributed by atoms with E-state index < -0.39 is 19.9 Å². The van der Waals surface area contributed by atoms with Crippen LogP contribution in [0.3, 0.4) is 0 Å². The van der Waals surface area contributed by atoms with Gasteiger partial charge in [0.25, 0.3) is 10.0 Å². The van der Waals surface area contributed by atoms with Crippen molar-refractivity contribution in [2.24, 2.45) is 7.05 Å². The lowest BCUT2D eigenvalue weighted by molar-refractivity contribution is 0.578. The largest absolute Gasteiger partial charge is 0.281 e. The monoisotopic (exact) mass is 395 g/mol. The molecule has 2 rings (SSSR count). The third kappa shape index (κ3) is 3.39. The van der Waals surface area contributed by atoms with Crippen LogP contribution in [0, 0.1) is 0 Å². The summed E-state index contributed by atoms with van der Waals surface area (Å²) in [7, 11) is -5.94. The number of nitrogens with one attached hydrogen (secondary N) is 1. The number of pyridine rings is 1. The van der Waals surface area contributed by atoms with E-state index >= 15 is 0 Å². The Morgan fingerprint density at radius 3 is 2.33 bits per heavy atom. The molecule has 0 aliphatic rings. The van der Waals surface area contributed by atoms with Gasteiger partial charge in [-0.05, 0) is 28.1 Å². The van der Waals surface area contributed by atoms with E-state index in [-0.39, 0.29) is 20.3 Å². The molecule has 114 valence electrons. The number of sulfonamides is 1. The van der Waals surface area contributed by atoms with Crippen molar-refractivity contribution >= 4 is 41.5 Å². The van der Waals surface area contributed by atoms with E-state index in [4.69, 9.17) is 0 Å². The second-order valence-electron chi connectivity index (χ2n) is 4.07. The van der Waals surface area contributed by atoms with Crippen molar-refractivity contribution in [3.8, 4) is 0 Å². The molecule has 2 heterocycles. The molecule has 9 nitrogen and oxygen atoms in total. The van der Waals surface area contributed by atoms with Crippen molar-refractivity contribution < 1.29 is 16.8 Å². The molecule has 0 atom stereocenters. The maximum Gasteiger partial charge on any atom is 0.281 e. The van der Waals surface area contributed by atoms with Gasteiger partial charge in [-0.2, -0.15) is 8.42 Å².